The van der Waals surface area contributed by atoms with Crippen molar-refractivity contribution in [1.82, 2.24) is 0 Å². The van der Waals surface area contributed by atoms with Crippen molar-refractivity contribution in [1.29, 1.82) is 0 Å². The summed E-state index contributed by atoms with van der Waals surface area (Å²) >= 11 is 0. The first-order valence-electron chi connectivity index (χ1n) is 46.7. The standard InChI is InChI=1S/C90H176O17P2/c1-6-10-13-16-19-22-25-28-31-34-37-39-42-45-48-51-54-61-66-71-75-89(94)106-85(79-100-87(92)73-68-63-58-52-49-46-43-41-38-35-32-29-26-23-20-17-14-11-7-2)81-104-108(96,97)102-77-84(91)78-103-109(98,99)105-82-86(80-101-88(93)74-69-64-59-56-55-57-62-67-72-83(5)9-4)107-90(95)76-70-65-60-53-50-47-44-40-36-33-30-27-24-21-18-15-12-8-3/h83-86,91H,6-82H2,1-5H3,(H,96,97)(H,98,99)/t83?,84-,85-,86-/m1/s1. The van der Waals surface area contributed by atoms with Gasteiger partial charge in [-0.2, -0.15) is 0 Å². The Labute approximate surface area is 670 Å². The van der Waals surface area contributed by atoms with Crippen molar-refractivity contribution >= 4 is 39.5 Å². The molecule has 3 N–H and O–H groups in total. The Balaban J connectivity index is 5.25. The van der Waals surface area contributed by atoms with Crippen LogP contribution in [0.5, 0.6) is 0 Å². The van der Waals surface area contributed by atoms with E-state index in [-0.39, 0.29) is 25.7 Å². The maximum atomic E-state index is 13.2. The SMILES string of the molecule is CCCCCCCCCCCCCCCCCCCCCCC(=O)O[C@H](COC(=O)CCCCCCCCCCCCCCCCCCCCC)COP(=O)(O)OC[C@@H](O)COP(=O)(O)OC[C@@H](COC(=O)CCCCCCCCCCC(C)CC)OC(=O)CCCCCCCCCCCCCCCCCCCC. The third-order valence-electron chi connectivity index (χ3n) is 21.6. The quantitative estimate of drug-likeness (QED) is 0.0222. The second-order valence-corrected chi connectivity index (χ2v) is 35.5. The summed E-state index contributed by atoms with van der Waals surface area (Å²) in [6, 6.07) is 0. The van der Waals surface area contributed by atoms with Gasteiger partial charge in [-0.1, -0.05) is 439 Å². The lowest BCUT2D eigenvalue weighted by Gasteiger charge is -2.21. The molecule has 17 nitrogen and oxygen atoms in total. The normalized spacial score (nSPS) is 13.9. The number of phosphoric acid groups is 2. The Hall–Kier alpha value is -1.94. The zero-order valence-electron chi connectivity index (χ0n) is 71.7. The van der Waals surface area contributed by atoms with Gasteiger partial charge in [0.05, 0.1) is 26.4 Å². The van der Waals surface area contributed by atoms with Gasteiger partial charge in [-0.15, -0.1) is 0 Å². The zero-order valence-corrected chi connectivity index (χ0v) is 73.5. The number of ether oxygens (including phenoxy) is 4. The third-order valence-corrected chi connectivity index (χ3v) is 23.5. The van der Waals surface area contributed by atoms with Crippen LogP contribution in [0.4, 0.5) is 0 Å². The van der Waals surface area contributed by atoms with Gasteiger partial charge in [0, 0.05) is 25.7 Å². The smallest absolute Gasteiger partial charge is 0.462 e. The highest BCUT2D eigenvalue weighted by Crippen LogP contribution is 2.45. The fourth-order valence-electron chi connectivity index (χ4n) is 14.1. The molecule has 19 heteroatoms. The van der Waals surface area contributed by atoms with Crippen LogP contribution in [0.15, 0.2) is 0 Å². The molecule has 109 heavy (non-hydrogen) atoms. The van der Waals surface area contributed by atoms with Gasteiger partial charge in [-0.25, -0.2) is 9.13 Å². The Kier molecular flexibility index (Phi) is 81.1. The van der Waals surface area contributed by atoms with Crippen LogP contribution in [0.1, 0.15) is 490 Å². The van der Waals surface area contributed by atoms with E-state index in [1.165, 1.54) is 315 Å². The van der Waals surface area contributed by atoms with E-state index in [9.17, 15) is 43.2 Å². The minimum Gasteiger partial charge on any atom is -0.462 e. The van der Waals surface area contributed by atoms with Crippen molar-refractivity contribution in [2.75, 3.05) is 39.6 Å². The maximum absolute atomic E-state index is 13.2. The lowest BCUT2D eigenvalue weighted by Crippen LogP contribution is -2.30. The van der Waals surface area contributed by atoms with Crippen LogP contribution in [-0.2, 0) is 65.4 Å². The van der Waals surface area contributed by atoms with E-state index in [1.807, 2.05) is 0 Å². The average Bonchev–Trinajstić information content (AvgIpc) is 0.882. The summed E-state index contributed by atoms with van der Waals surface area (Å²) in [5.74, 6) is -1.32. The van der Waals surface area contributed by atoms with Gasteiger partial charge in [-0.05, 0) is 31.6 Å². The number of carbonyl (C=O) groups is 4. The number of phosphoric ester groups is 2. The van der Waals surface area contributed by atoms with Crippen LogP contribution < -0.4 is 0 Å². The Morgan fingerprint density at radius 2 is 0.440 bits per heavy atom. The highest BCUT2D eigenvalue weighted by molar-refractivity contribution is 7.47. The van der Waals surface area contributed by atoms with Crippen LogP contribution in [0, 0.1) is 5.92 Å². The molecule has 0 radical (unpaired) electrons. The van der Waals surface area contributed by atoms with Gasteiger partial charge in [0.15, 0.2) is 12.2 Å². The van der Waals surface area contributed by atoms with Gasteiger partial charge in [0.1, 0.15) is 19.3 Å². The topological polar surface area (TPSA) is 237 Å². The predicted molar refractivity (Wildman–Crippen MR) is 451 cm³/mol. The summed E-state index contributed by atoms with van der Waals surface area (Å²) in [4.78, 5) is 73.4. The molecular weight excluding hydrogens is 1410 g/mol. The number of unbranched alkanes of at least 4 members (excludes halogenated alkanes) is 61. The summed E-state index contributed by atoms with van der Waals surface area (Å²) in [7, 11) is -9.93. The minimum atomic E-state index is -4.97. The first-order valence-corrected chi connectivity index (χ1v) is 49.7. The summed E-state index contributed by atoms with van der Waals surface area (Å²) in [6.07, 6.45) is 77.8. The average molecular weight is 1590 g/mol. The molecule has 0 spiro atoms. The highest BCUT2D eigenvalue weighted by Gasteiger charge is 2.31. The minimum absolute atomic E-state index is 0.109. The molecule has 0 aliphatic carbocycles. The predicted octanol–water partition coefficient (Wildman–Crippen LogP) is 27.9. The molecule has 0 aromatic carbocycles. The van der Waals surface area contributed by atoms with E-state index in [4.69, 9.17) is 37.0 Å². The van der Waals surface area contributed by atoms with E-state index in [0.29, 0.717) is 25.7 Å². The van der Waals surface area contributed by atoms with Gasteiger partial charge in [0.2, 0.25) is 0 Å². The second-order valence-electron chi connectivity index (χ2n) is 32.6. The van der Waals surface area contributed by atoms with Crippen LogP contribution in [0.3, 0.4) is 0 Å². The first kappa shape index (κ1) is 107. The fraction of sp³-hybridized carbons (Fsp3) is 0.956. The van der Waals surface area contributed by atoms with E-state index in [2.05, 4.69) is 34.6 Å². The monoisotopic (exact) mass is 1590 g/mol. The molecule has 6 atom stereocenters. The molecule has 0 aromatic rings. The van der Waals surface area contributed by atoms with E-state index in [0.717, 1.165) is 95.8 Å². The van der Waals surface area contributed by atoms with Crippen molar-refractivity contribution in [3.8, 4) is 0 Å². The molecule has 648 valence electrons. The van der Waals surface area contributed by atoms with Crippen molar-refractivity contribution in [3.05, 3.63) is 0 Å². The van der Waals surface area contributed by atoms with Gasteiger partial charge < -0.3 is 33.8 Å². The summed E-state index contributed by atoms with van der Waals surface area (Å²) < 4.78 is 69.1. The van der Waals surface area contributed by atoms with Crippen LogP contribution in [-0.4, -0.2) is 96.7 Å². The highest BCUT2D eigenvalue weighted by atomic mass is 31.2. The molecule has 0 amide bonds. The number of rotatable bonds is 90. The van der Waals surface area contributed by atoms with Crippen molar-refractivity contribution in [2.24, 2.45) is 5.92 Å². The molecule has 0 saturated carbocycles. The Morgan fingerprint density at radius 3 is 0.651 bits per heavy atom. The van der Waals surface area contributed by atoms with Crippen molar-refractivity contribution in [3.63, 3.8) is 0 Å². The molecule has 0 aliphatic heterocycles. The summed E-state index contributed by atoms with van der Waals surface area (Å²) in [5, 5.41) is 10.7. The maximum Gasteiger partial charge on any atom is 0.472 e. The van der Waals surface area contributed by atoms with Gasteiger partial charge in [-0.3, -0.25) is 37.3 Å². The second kappa shape index (κ2) is 82.6. The fourth-order valence-corrected chi connectivity index (χ4v) is 15.7. The first-order chi connectivity index (χ1) is 53.1. The van der Waals surface area contributed by atoms with Crippen LogP contribution in [0.2, 0.25) is 0 Å². The Morgan fingerprint density at radius 1 is 0.257 bits per heavy atom. The van der Waals surface area contributed by atoms with Crippen LogP contribution in [0.25, 0.3) is 0 Å². The molecule has 0 saturated heterocycles. The molecule has 0 heterocycles. The molecule has 0 rings (SSSR count). The number of esters is 4. The summed E-state index contributed by atoms with van der Waals surface area (Å²) in [6.45, 7) is 7.40. The number of aliphatic hydroxyl groups is 1. The number of hydrogen-bond acceptors (Lipinski definition) is 15. The van der Waals surface area contributed by atoms with Gasteiger partial charge >= 0.3 is 39.5 Å². The molecule has 0 fully saturated rings. The summed E-state index contributed by atoms with van der Waals surface area (Å²) in [5.41, 5.74) is 0. The van der Waals surface area contributed by atoms with Crippen LogP contribution >= 0.6 is 15.6 Å². The van der Waals surface area contributed by atoms with Crippen molar-refractivity contribution < 1.29 is 80.2 Å². The molecule has 3 unspecified atom stereocenters. The van der Waals surface area contributed by atoms with E-state index < -0.39 is 97.5 Å². The molecular formula is C90H176O17P2. The largest absolute Gasteiger partial charge is 0.472 e. The number of aliphatic hydroxyl groups excluding tert-OH is 1. The molecule has 0 bridgehead atoms. The van der Waals surface area contributed by atoms with E-state index in [1.54, 1.807) is 0 Å². The van der Waals surface area contributed by atoms with Crippen molar-refractivity contribution in [2.45, 2.75) is 509 Å². The lowest BCUT2D eigenvalue weighted by atomic mass is 9.99. The van der Waals surface area contributed by atoms with E-state index >= 15 is 0 Å². The Bertz CT molecular complexity index is 2070. The number of carbonyl (C=O) groups excluding carboxylic acids is 4. The molecule has 0 aliphatic rings. The zero-order chi connectivity index (χ0) is 79.7. The lowest BCUT2D eigenvalue weighted by molar-refractivity contribution is -0.161. The third kappa shape index (κ3) is 82.4. The van der Waals surface area contributed by atoms with Gasteiger partial charge in [0.25, 0.3) is 0 Å². The number of hydrogen-bond donors (Lipinski definition) is 3. The molecule has 0 aromatic heterocycles.